The van der Waals surface area contributed by atoms with Crippen molar-refractivity contribution in [1.29, 1.82) is 0 Å². The van der Waals surface area contributed by atoms with Gasteiger partial charge in [0.1, 0.15) is 5.82 Å². The maximum absolute atomic E-state index is 12.9. The van der Waals surface area contributed by atoms with Crippen LogP contribution in [0.2, 0.25) is 5.02 Å². The van der Waals surface area contributed by atoms with Crippen LogP contribution in [0, 0.1) is 5.82 Å². The number of carbonyl (C=O) groups excluding carboxylic acids is 1. The van der Waals surface area contributed by atoms with E-state index in [4.69, 9.17) is 11.6 Å². The van der Waals surface area contributed by atoms with E-state index >= 15 is 0 Å². The zero-order chi connectivity index (χ0) is 13.7. The Morgan fingerprint density at radius 1 is 1.16 bits per heavy atom. The zero-order valence-electron chi connectivity index (χ0n) is 9.99. The Kier molecular flexibility index (Phi) is 4.36. The summed E-state index contributed by atoms with van der Waals surface area (Å²) in [6, 6.07) is 12.9. The Bertz CT molecular complexity index is 589. The largest absolute Gasteiger partial charge is 0.376 e. The number of nitrogens with one attached hydrogen (secondary N) is 2. The van der Waals surface area contributed by atoms with Gasteiger partial charge in [-0.1, -0.05) is 29.8 Å². The van der Waals surface area contributed by atoms with Gasteiger partial charge in [-0.15, -0.1) is 0 Å². The van der Waals surface area contributed by atoms with Gasteiger partial charge < -0.3 is 10.6 Å². The predicted octanol–water partition coefficient (Wildman–Crippen LogP) is 3.53. The molecule has 0 spiro atoms. The maximum atomic E-state index is 12.9. The van der Waals surface area contributed by atoms with E-state index in [1.807, 2.05) is 0 Å². The highest BCUT2D eigenvalue weighted by molar-refractivity contribution is 6.33. The number of hydrogen-bond donors (Lipinski definition) is 2. The molecule has 0 fully saturated rings. The Morgan fingerprint density at radius 3 is 2.68 bits per heavy atom. The number of rotatable bonds is 4. The molecule has 0 saturated carbocycles. The summed E-state index contributed by atoms with van der Waals surface area (Å²) in [6.07, 6.45) is 0. The highest BCUT2D eigenvalue weighted by atomic mass is 35.5. The van der Waals surface area contributed by atoms with E-state index < -0.39 is 0 Å². The monoisotopic (exact) mass is 278 g/mol. The van der Waals surface area contributed by atoms with Crippen molar-refractivity contribution in [3.63, 3.8) is 0 Å². The van der Waals surface area contributed by atoms with Gasteiger partial charge >= 0.3 is 0 Å². The number of halogens is 2. The van der Waals surface area contributed by atoms with Gasteiger partial charge in [-0.25, -0.2) is 4.39 Å². The molecule has 2 N–H and O–H groups in total. The molecule has 2 rings (SSSR count). The van der Waals surface area contributed by atoms with Crippen LogP contribution in [0.1, 0.15) is 0 Å². The number of hydrogen-bond acceptors (Lipinski definition) is 2. The molecule has 0 aliphatic carbocycles. The second kappa shape index (κ2) is 6.20. The van der Waals surface area contributed by atoms with Gasteiger partial charge in [-0.05, 0) is 30.3 Å². The van der Waals surface area contributed by atoms with Crippen LogP contribution >= 0.6 is 11.6 Å². The van der Waals surface area contributed by atoms with E-state index in [1.54, 1.807) is 36.4 Å². The number of para-hydroxylation sites is 1. The molecular formula is C14H12ClFN2O. The lowest BCUT2D eigenvalue weighted by molar-refractivity contribution is -0.114. The summed E-state index contributed by atoms with van der Waals surface area (Å²) < 4.78 is 12.9. The minimum Gasteiger partial charge on any atom is -0.376 e. The molecule has 0 saturated heterocycles. The molecule has 2 aromatic carbocycles. The first-order valence-corrected chi connectivity index (χ1v) is 6.07. The van der Waals surface area contributed by atoms with Gasteiger partial charge in [0, 0.05) is 5.69 Å². The molecule has 3 nitrogen and oxygen atoms in total. The van der Waals surface area contributed by atoms with Crippen molar-refractivity contribution < 1.29 is 9.18 Å². The molecule has 0 aromatic heterocycles. The number of anilines is 2. The number of benzene rings is 2. The van der Waals surface area contributed by atoms with Crippen molar-refractivity contribution in [1.82, 2.24) is 0 Å². The summed E-state index contributed by atoms with van der Waals surface area (Å²) in [7, 11) is 0. The van der Waals surface area contributed by atoms with Crippen molar-refractivity contribution in [2.24, 2.45) is 0 Å². The summed E-state index contributed by atoms with van der Waals surface area (Å²) >= 11 is 5.92. The molecular weight excluding hydrogens is 267 g/mol. The second-order valence-corrected chi connectivity index (χ2v) is 4.30. The summed E-state index contributed by atoms with van der Waals surface area (Å²) in [6.45, 7) is 0.0364. The molecule has 19 heavy (non-hydrogen) atoms. The topological polar surface area (TPSA) is 41.1 Å². The molecule has 0 atom stereocenters. The standard InChI is InChI=1S/C14H12ClFN2O/c15-12-6-1-2-7-13(12)18-14(19)9-17-11-5-3-4-10(16)8-11/h1-8,17H,9H2,(H,18,19). The Balaban J connectivity index is 1.90. The second-order valence-electron chi connectivity index (χ2n) is 3.89. The molecule has 0 unspecified atom stereocenters. The lowest BCUT2D eigenvalue weighted by atomic mass is 10.3. The van der Waals surface area contributed by atoms with Crippen molar-refractivity contribution in [3.8, 4) is 0 Å². The van der Waals surface area contributed by atoms with Crippen LogP contribution in [0.25, 0.3) is 0 Å². The van der Waals surface area contributed by atoms with Crippen LogP contribution in [-0.2, 0) is 4.79 Å². The van der Waals surface area contributed by atoms with Gasteiger partial charge in [0.05, 0.1) is 17.3 Å². The summed E-state index contributed by atoms with van der Waals surface area (Å²) in [5.41, 5.74) is 1.10. The van der Waals surface area contributed by atoms with E-state index in [2.05, 4.69) is 10.6 Å². The number of amides is 1. The third kappa shape index (κ3) is 3.96. The van der Waals surface area contributed by atoms with E-state index in [9.17, 15) is 9.18 Å². The quantitative estimate of drug-likeness (QED) is 0.898. The van der Waals surface area contributed by atoms with E-state index in [1.165, 1.54) is 12.1 Å². The van der Waals surface area contributed by atoms with Crippen molar-refractivity contribution >= 4 is 28.9 Å². The molecule has 1 amide bonds. The first-order chi connectivity index (χ1) is 9.15. The predicted molar refractivity (Wildman–Crippen MR) is 75.0 cm³/mol. The summed E-state index contributed by atoms with van der Waals surface area (Å²) in [5, 5.41) is 5.97. The van der Waals surface area contributed by atoms with Gasteiger partial charge in [0.15, 0.2) is 0 Å². The van der Waals surface area contributed by atoms with Crippen molar-refractivity contribution in [2.45, 2.75) is 0 Å². The highest BCUT2D eigenvalue weighted by Gasteiger charge is 2.05. The van der Waals surface area contributed by atoms with Crippen LogP contribution in [0.3, 0.4) is 0 Å². The van der Waals surface area contributed by atoms with Gasteiger partial charge in [0.2, 0.25) is 5.91 Å². The molecule has 98 valence electrons. The van der Waals surface area contributed by atoms with Crippen LogP contribution in [0.5, 0.6) is 0 Å². The molecule has 0 aliphatic heterocycles. The van der Waals surface area contributed by atoms with Crippen molar-refractivity contribution in [2.75, 3.05) is 17.2 Å². The normalized spacial score (nSPS) is 10.0. The smallest absolute Gasteiger partial charge is 0.243 e. The molecule has 2 aromatic rings. The lowest BCUT2D eigenvalue weighted by Gasteiger charge is -2.08. The fourth-order valence-electron chi connectivity index (χ4n) is 1.54. The molecule has 0 aliphatic rings. The minimum absolute atomic E-state index is 0.0364. The third-order valence-electron chi connectivity index (χ3n) is 2.43. The van der Waals surface area contributed by atoms with Gasteiger partial charge in [0.25, 0.3) is 0 Å². The lowest BCUT2D eigenvalue weighted by Crippen LogP contribution is -2.21. The Morgan fingerprint density at radius 2 is 1.95 bits per heavy atom. The average molecular weight is 279 g/mol. The third-order valence-corrected chi connectivity index (χ3v) is 2.76. The maximum Gasteiger partial charge on any atom is 0.243 e. The van der Waals surface area contributed by atoms with Gasteiger partial charge in [-0.3, -0.25) is 4.79 Å². The molecule has 5 heteroatoms. The molecule has 0 heterocycles. The van der Waals surface area contributed by atoms with Crippen LogP contribution < -0.4 is 10.6 Å². The van der Waals surface area contributed by atoms with Crippen molar-refractivity contribution in [3.05, 3.63) is 59.4 Å². The first-order valence-electron chi connectivity index (χ1n) is 5.69. The van der Waals surface area contributed by atoms with Crippen LogP contribution in [0.15, 0.2) is 48.5 Å². The first kappa shape index (κ1) is 13.4. The summed E-state index contributed by atoms with van der Waals surface area (Å²) in [4.78, 5) is 11.7. The average Bonchev–Trinajstić information content (AvgIpc) is 2.39. The SMILES string of the molecule is O=C(CNc1cccc(F)c1)Nc1ccccc1Cl. The fraction of sp³-hybridized carbons (Fsp3) is 0.0714. The van der Waals surface area contributed by atoms with Crippen LogP contribution in [-0.4, -0.2) is 12.5 Å². The molecule has 0 radical (unpaired) electrons. The van der Waals surface area contributed by atoms with E-state index in [-0.39, 0.29) is 18.3 Å². The minimum atomic E-state index is -0.350. The van der Waals surface area contributed by atoms with Crippen LogP contribution in [0.4, 0.5) is 15.8 Å². The zero-order valence-corrected chi connectivity index (χ0v) is 10.7. The number of carbonyl (C=O) groups is 1. The van der Waals surface area contributed by atoms with E-state index in [0.717, 1.165) is 0 Å². The summed E-state index contributed by atoms with van der Waals surface area (Å²) in [5.74, 6) is -0.603. The Labute approximate surface area is 115 Å². The molecule has 0 bridgehead atoms. The fourth-order valence-corrected chi connectivity index (χ4v) is 1.72. The highest BCUT2D eigenvalue weighted by Crippen LogP contribution is 2.20. The Hall–Kier alpha value is -2.07. The van der Waals surface area contributed by atoms with Gasteiger partial charge in [-0.2, -0.15) is 0 Å². The van der Waals surface area contributed by atoms with E-state index in [0.29, 0.717) is 16.4 Å².